The van der Waals surface area contributed by atoms with Crippen molar-refractivity contribution >= 4 is 5.91 Å². The molecular formula is C12H15F3N2O2. The van der Waals surface area contributed by atoms with Crippen molar-refractivity contribution in [1.29, 1.82) is 0 Å². The van der Waals surface area contributed by atoms with E-state index in [1.54, 1.807) is 13.8 Å². The Bertz CT molecular complexity index is 447. The zero-order valence-corrected chi connectivity index (χ0v) is 10.5. The quantitative estimate of drug-likeness (QED) is 0.882. The van der Waals surface area contributed by atoms with Gasteiger partial charge in [0.1, 0.15) is 0 Å². The summed E-state index contributed by atoms with van der Waals surface area (Å²) in [5, 5.41) is 11.8. The van der Waals surface area contributed by atoms with Crippen molar-refractivity contribution in [1.82, 2.24) is 10.3 Å². The summed E-state index contributed by atoms with van der Waals surface area (Å²) in [6, 6.07) is 1.000. The molecule has 0 saturated carbocycles. The monoisotopic (exact) mass is 276 g/mol. The van der Waals surface area contributed by atoms with Crippen LogP contribution in [0.1, 0.15) is 29.8 Å². The Morgan fingerprint density at radius 3 is 2.63 bits per heavy atom. The number of halogens is 3. The van der Waals surface area contributed by atoms with E-state index >= 15 is 0 Å². The average molecular weight is 276 g/mol. The minimum absolute atomic E-state index is 0.0974. The number of aromatic nitrogens is 1. The SMILES string of the molecule is CC(C)[C@H](O)CNC(=O)c1ccncc1C(F)(F)F. The van der Waals surface area contributed by atoms with Crippen LogP contribution in [-0.4, -0.2) is 28.6 Å². The molecule has 1 aromatic rings. The van der Waals surface area contributed by atoms with E-state index in [4.69, 9.17) is 0 Å². The number of aliphatic hydroxyl groups excluding tert-OH is 1. The van der Waals surface area contributed by atoms with Gasteiger partial charge in [-0.1, -0.05) is 13.8 Å². The minimum atomic E-state index is -4.64. The predicted molar refractivity (Wildman–Crippen MR) is 62.4 cm³/mol. The zero-order chi connectivity index (χ0) is 14.6. The Hall–Kier alpha value is -1.63. The first-order valence-corrected chi connectivity index (χ1v) is 5.71. The van der Waals surface area contributed by atoms with Crippen LogP contribution in [0.5, 0.6) is 0 Å². The number of pyridine rings is 1. The van der Waals surface area contributed by atoms with Crippen LogP contribution in [0.3, 0.4) is 0 Å². The van der Waals surface area contributed by atoms with Crippen LogP contribution in [-0.2, 0) is 6.18 Å². The van der Waals surface area contributed by atoms with Gasteiger partial charge in [-0.3, -0.25) is 9.78 Å². The number of hydrogen-bond acceptors (Lipinski definition) is 3. The molecule has 0 aromatic carbocycles. The van der Waals surface area contributed by atoms with Gasteiger partial charge in [0, 0.05) is 18.9 Å². The number of rotatable bonds is 4. The molecule has 1 amide bonds. The number of amides is 1. The Morgan fingerprint density at radius 1 is 1.47 bits per heavy atom. The van der Waals surface area contributed by atoms with Crippen LogP contribution in [0.4, 0.5) is 13.2 Å². The van der Waals surface area contributed by atoms with Crippen molar-refractivity contribution in [3.05, 3.63) is 29.6 Å². The smallest absolute Gasteiger partial charge is 0.391 e. The number of alkyl halides is 3. The Kier molecular flexibility index (Phi) is 4.88. The van der Waals surface area contributed by atoms with Gasteiger partial charge >= 0.3 is 6.18 Å². The molecule has 0 fully saturated rings. The van der Waals surface area contributed by atoms with Gasteiger partial charge in [-0.05, 0) is 12.0 Å². The third-order valence-corrected chi connectivity index (χ3v) is 2.61. The van der Waals surface area contributed by atoms with Gasteiger partial charge < -0.3 is 10.4 Å². The van der Waals surface area contributed by atoms with Crippen molar-refractivity contribution in [2.24, 2.45) is 5.92 Å². The highest BCUT2D eigenvalue weighted by atomic mass is 19.4. The lowest BCUT2D eigenvalue weighted by Gasteiger charge is -2.16. The first-order valence-electron chi connectivity index (χ1n) is 5.71. The van der Waals surface area contributed by atoms with E-state index in [2.05, 4.69) is 10.3 Å². The fraction of sp³-hybridized carbons (Fsp3) is 0.500. The molecule has 0 aliphatic carbocycles. The third-order valence-electron chi connectivity index (χ3n) is 2.61. The van der Waals surface area contributed by atoms with Gasteiger partial charge in [0.25, 0.3) is 5.91 Å². The van der Waals surface area contributed by atoms with Crippen molar-refractivity contribution in [3.8, 4) is 0 Å². The van der Waals surface area contributed by atoms with Gasteiger partial charge in [-0.2, -0.15) is 13.2 Å². The number of carbonyl (C=O) groups is 1. The van der Waals surface area contributed by atoms with E-state index in [1.807, 2.05) is 0 Å². The molecule has 1 atom stereocenters. The van der Waals surface area contributed by atoms with Crippen LogP contribution in [0, 0.1) is 5.92 Å². The Morgan fingerprint density at radius 2 is 2.11 bits per heavy atom. The van der Waals surface area contributed by atoms with Gasteiger partial charge in [-0.25, -0.2) is 0 Å². The van der Waals surface area contributed by atoms with E-state index in [0.717, 1.165) is 12.3 Å². The largest absolute Gasteiger partial charge is 0.418 e. The molecule has 7 heteroatoms. The van der Waals surface area contributed by atoms with E-state index in [9.17, 15) is 23.1 Å². The lowest BCUT2D eigenvalue weighted by Crippen LogP contribution is -2.35. The summed E-state index contributed by atoms with van der Waals surface area (Å²) in [4.78, 5) is 15.1. The van der Waals surface area contributed by atoms with Crippen molar-refractivity contribution in [3.63, 3.8) is 0 Å². The van der Waals surface area contributed by atoms with Crippen LogP contribution >= 0.6 is 0 Å². The summed E-state index contributed by atoms with van der Waals surface area (Å²) in [5.74, 6) is -0.978. The highest BCUT2D eigenvalue weighted by molar-refractivity contribution is 5.95. The third kappa shape index (κ3) is 4.20. The fourth-order valence-electron chi connectivity index (χ4n) is 1.35. The molecule has 4 nitrogen and oxygen atoms in total. The molecule has 19 heavy (non-hydrogen) atoms. The van der Waals surface area contributed by atoms with Crippen LogP contribution in [0.2, 0.25) is 0 Å². The first-order chi connectivity index (χ1) is 8.73. The topological polar surface area (TPSA) is 62.2 Å². The van der Waals surface area contributed by atoms with Crippen LogP contribution in [0.25, 0.3) is 0 Å². The number of carbonyl (C=O) groups excluding carboxylic acids is 1. The van der Waals surface area contributed by atoms with Crippen molar-refractivity contribution in [2.45, 2.75) is 26.1 Å². The average Bonchev–Trinajstić information content (AvgIpc) is 2.34. The van der Waals surface area contributed by atoms with E-state index in [1.165, 1.54) is 0 Å². The number of nitrogens with one attached hydrogen (secondary N) is 1. The second-order valence-corrected chi connectivity index (χ2v) is 4.44. The molecule has 106 valence electrons. The molecule has 1 aromatic heterocycles. The molecule has 0 aliphatic heterocycles. The Labute approximate surface area is 108 Å². The second kappa shape index (κ2) is 6.01. The van der Waals surface area contributed by atoms with Gasteiger partial charge in [-0.15, -0.1) is 0 Å². The molecule has 2 N–H and O–H groups in total. The van der Waals surface area contributed by atoms with Crippen LogP contribution < -0.4 is 5.32 Å². The summed E-state index contributed by atoms with van der Waals surface area (Å²) in [6.07, 6.45) is -3.73. The fourth-order valence-corrected chi connectivity index (χ4v) is 1.35. The maximum absolute atomic E-state index is 12.7. The van der Waals surface area contributed by atoms with Crippen LogP contribution in [0.15, 0.2) is 18.5 Å². The lowest BCUT2D eigenvalue weighted by molar-refractivity contribution is -0.138. The lowest BCUT2D eigenvalue weighted by atomic mass is 10.1. The Balaban J connectivity index is 2.83. The van der Waals surface area contributed by atoms with Gasteiger partial charge in [0.05, 0.1) is 17.2 Å². The number of nitrogens with zero attached hydrogens (tertiary/aromatic N) is 1. The summed E-state index contributed by atoms with van der Waals surface area (Å²) < 4.78 is 38.0. The number of aliphatic hydroxyl groups is 1. The first kappa shape index (κ1) is 15.4. The second-order valence-electron chi connectivity index (χ2n) is 4.44. The van der Waals surface area contributed by atoms with Gasteiger partial charge in [0.15, 0.2) is 0 Å². The molecule has 0 saturated heterocycles. The molecule has 0 aliphatic rings. The standard InChI is InChI=1S/C12H15F3N2O2/c1-7(2)10(18)6-17-11(19)8-3-4-16-5-9(8)12(13,14)15/h3-5,7,10,18H,6H2,1-2H3,(H,17,19)/t10-/m1/s1. The summed E-state index contributed by atoms with van der Waals surface area (Å²) in [6.45, 7) is 3.38. The minimum Gasteiger partial charge on any atom is -0.391 e. The predicted octanol–water partition coefficient (Wildman–Crippen LogP) is 1.85. The molecule has 0 spiro atoms. The molecule has 0 radical (unpaired) electrons. The zero-order valence-electron chi connectivity index (χ0n) is 10.5. The van der Waals surface area contributed by atoms with Crippen molar-refractivity contribution in [2.75, 3.05) is 6.54 Å². The molecular weight excluding hydrogens is 261 g/mol. The summed E-state index contributed by atoms with van der Waals surface area (Å²) in [7, 11) is 0. The molecule has 1 heterocycles. The molecule has 1 rings (SSSR count). The highest BCUT2D eigenvalue weighted by Gasteiger charge is 2.35. The normalized spacial score (nSPS) is 13.4. The highest BCUT2D eigenvalue weighted by Crippen LogP contribution is 2.31. The summed E-state index contributed by atoms with van der Waals surface area (Å²) >= 11 is 0. The van der Waals surface area contributed by atoms with E-state index in [-0.39, 0.29) is 12.5 Å². The van der Waals surface area contributed by atoms with E-state index in [0.29, 0.717) is 6.20 Å². The summed E-state index contributed by atoms with van der Waals surface area (Å²) in [5.41, 5.74) is -1.59. The van der Waals surface area contributed by atoms with E-state index < -0.39 is 29.3 Å². The van der Waals surface area contributed by atoms with Gasteiger partial charge in [0.2, 0.25) is 0 Å². The maximum atomic E-state index is 12.7. The number of hydrogen-bond donors (Lipinski definition) is 2. The maximum Gasteiger partial charge on any atom is 0.418 e. The molecule has 0 bridgehead atoms. The molecule has 0 unspecified atom stereocenters. The van der Waals surface area contributed by atoms with Crippen molar-refractivity contribution < 1.29 is 23.1 Å².